The van der Waals surface area contributed by atoms with Crippen LogP contribution in [0.2, 0.25) is 0 Å². The van der Waals surface area contributed by atoms with Crippen molar-refractivity contribution in [1.82, 2.24) is 10.4 Å². The third-order valence-corrected chi connectivity index (χ3v) is 4.30. The fourth-order valence-electron chi connectivity index (χ4n) is 2.50. The highest BCUT2D eigenvalue weighted by Crippen LogP contribution is 2.28. The summed E-state index contributed by atoms with van der Waals surface area (Å²) >= 11 is 1.65. The second-order valence-corrected chi connectivity index (χ2v) is 5.64. The SMILES string of the molecule is NNCc1nc(-c2ccc3c(c2)CCCC3)cs1. The van der Waals surface area contributed by atoms with Gasteiger partial charge in [-0.1, -0.05) is 12.1 Å². The largest absolute Gasteiger partial charge is 0.271 e. The molecule has 1 aliphatic carbocycles. The normalized spacial score (nSPS) is 14.5. The molecule has 1 aliphatic rings. The van der Waals surface area contributed by atoms with Crippen molar-refractivity contribution >= 4 is 11.3 Å². The lowest BCUT2D eigenvalue weighted by molar-refractivity contribution is 0.686. The highest BCUT2D eigenvalue weighted by molar-refractivity contribution is 7.09. The van der Waals surface area contributed by atoms with Gasteiger partial charge in [0, 0.05) is 10.9 Å². The van der Waals surface area contributed by atoms with Gasteiger partial charge in [-0.25, -0.2) is 4.98 Å². The Balaban J connectivity index is 1.91. The summed E-state index contributed by atoms with van der Waals surface area (Å²) in [6.45, 7) is 0.635. The van der Waals surface area contributed by atoms with E-state index >= 15 is 0 Å². The number of aromatic nitrogens is 1. The number of hydrogen-bond acceptors (Lipinski definition) is 4. The zero-order chi connectivity index (χ0) is 12.4. The van der Waals surface area contributed by atoms with Crippen LogP contribution in [-0.2, 0) is 19.4 Å². The van der Waals surface area contributed by atoms with Crippen LogP contribution in [0.3, 0.4) is 0 Å². The molecular weight excluding hydrogens is 242 g/mol. The zero-order valence-electron chi connectivity index (χ0n) is 10.3. The number of rotatable bonds is 3. The number of benzene rings is 1. The van der Waals surface area contributed by atoms with Crippen molar-refractivity contribution in [2.75, 3.05) is 0 Å². The first-order valence-corrected chi connectivity index (χ1v) is 7.25. The summed E-state index contributed by atoms with van der Waals surface area (Å²) in [7, 11) is 0. The van der Waals surface area contributed by atoms with Crippen molar-refractivity contribution in [3.05, 3.63) is 39.7 Å². The third-order valence-electron chi connectivity index (χ3n) is 3.45. The maximum Gasteiger partial charge on any atom is 0.108 e. The monoisotopic (exact) mass is 259 g/mol. The van der Waals surface area contributed by atoms with Gasteiger partial charge in [-0.2, -0.15) is 0 Å². The van der Waals surface area contributed by atoms with Crippen LogP contribution in [0, 0.1) is 0 Å². The van der Waals surface area contributed by atoms with Crippen molar-refractivity contribution in [3.63, 3.8) is 0 Å². The minimum atomic E-state index is 0.635. The van der Waals surface area contributed by atoms with E-state index < -0.39 is 0 Å². The molecule has 3 nitrogen and oxygen atoms in total. The predicted molar refractivity (Wildman–Crippen MR) is 75.2 cm³/mol. The van der Waals surface area contributed by atoms with E-state index in [1.165, 1.54) is 42.4 Å². The molecule has 0 unspecified atom stereocenters. The van der Waals surface area contributed by atoms with E-state index in [4.69, 9.17) is 5.84 Å². The van der Waals surface area contributed by atoms with Crippen molar-refractivity contribution in [3.8, 4) is 11.3 Å². The van der Waals surface area contributed by atoms with E-state index in [0.717, 1.165) is 10.7 Å². The Morgan fingerprint density at radius 2 is 2.06 bits per heavy atom. The molecule has 0 saturated carbocycles. The Hall–Kier alpha value is -1.23. The molecule has 3 rings (SSSR count). The molecule has 0 atom stereocenters. The number of nitrogens with one attached hydrogen (secondary N) is 1. The van der Waals surface area contributed by atoms with Crippen LogP contribution in [0.15, 0.2) is 23.6 Å². The minimum Gasteiger partial charge on any atom is -0.271 e. The van der Waals surface area contributed by atoms with Crippen molar-refractivity contribution in [2.45, 2.75) is 32.2 Å². The number of hydrogen-bond donors (Lipinski definition) is 2. The average molecular weight is 259 g/mol. The molecule has 0 aliphatic heterocycles. The molecule has 1 heterocycles. The molecule has 18 heavy (non-hydrogen) atoms. The smallest absolute Gasteiger partial charge is 0.108 e. The molecule has 0 fully saturated rings. The Labute approximate surface area is 111 Å². The molecule has 0 bridgehead atoms. The average Bonchev–Trinajstić information content (AvgIpc) is 2.87. The molecular formula is C14H17N3S. The lowest BCUT2D eigenvalue weighted by Crippen LogP contribution is -2.20. The number of nitrogens with zero attached hydrogens (tertiary/aromatic N) is 1. The van der Waals surface area contributed by atoms with Crippen LogP contribution < -0.4 is 11.3 Å². The molecule has 3 N–H and O–H groups in total. The molecule has 0 saturated heterocycles. The van der Waals surface area contributed by atoms with Crippen LogP contribution in [0.1, 0.15) is 29.0 Å². The van der Waals surface area contributed by atoms with Crippen molar-refractivity contribution < 1.29 is 0 Å². The summed E-state index contributed by atoms with van der Waals surface area (Å²) in [5.41, 5.74) is 7.97. The first-order chi connectivity index (χ1) is 8.86. The van der Waals surface area contributed by atoms with Gasteiger partial charge in [-0.05, 0) is 42.9 Å². The molecule has 0 spiro atoms. The van der Waals surface area contributed by atoms with E-state index in [-0.39, 0.29) is 0 Å². The lowest BCUT2D eigenvalue weighted by atomic mass is 9.90. The van der Waals surface area contributed by atoms with Gasteiger partial charge in [0.1, 0.15) is 5.01 Å². The minimum absolute atomic E-state index is 0.635. The number of thiazole rings is 1. The van der Waals surface area contributed by atoms with Crippen LogP contribution >= 0.6 is 11.3 Å². The quantitative estimate of drug-likeness (QED) is 0.658. The van der Waals surface area contributed by atoms with Gasteiger partial charge in [0.2, 0.25) is 0 Å². The molecule has 1 aromatic heterocycles. The first kappa shape index (κ1) is 11.8. The predicted octanol–water partition coefficient (Wildman–Crippen LogP) is 2.65. The lowest BCUT2D eigenvalue weighted by Gasteiger charge is -2.16. The third kappa shape index (κ3) is 2.32. The zero-order valence-corrected chi connectivity index (χ0v) is 11.1. The Bertz CT molecular complexity index is 548. The van der Waals surface area contributed by atoms with E-state index in [0.29, 0.717) is 6.54 Å². The molecule has 94 valence electrons. The summed E-state index contributed by atoms with van der Waals surface area (Å²) in [6, 6.07) is 6.77. The standard InChI is InChI=1S/C14H17N3S/c15-16-8-14-17-13(9-18-14)12-6-5-10-3-1-2-4-11(10)7-12/h5-7,9,16H,1-4,8,15H2. The molecule has 1 aromatic carbocycles. The van der Waals surface area contributed by atoms with Gasteiger partial charge in [-0.15, -0.1) is 11.3 Å². The van der Waals surface area contributed by atoms with Gasteiger partial charge >= 0.3 is 0 Å². The molecule has 2 aromatic rings. The fraction of sp³-hybridized carbons (Fsp3) is 0.357. The number of fused-ring (bicyclic) bond motifs is 1. The van der Waals surface area contributed by atoms with Gasteiger partial charge in [0.25, 0.3) is 0 Å². The van der Waals surface area contributed by atoms with E-state index in [9.17, 15) is 0 Å². The number of aryl methyl sites for hydroxylation is 2. The van der Waals surface area contributed by atoms with Gasteiger partial charge < -0.3 is 0 Å². The number of nitrogens with two attached hydrogens (primary N) is 1. The summed E-state index contributed by atoms with van der Waals surface area (Å²) in [4.78, 5) is 4.60. The van der Waals surface area contributed by atoms with Crippen molar-refractivity contribution in [2.24, 2.45) is 5.84 Å². The number of hydrazine groups is 1. The fourth-order valence-corrected chi connectivity index (χ4v) is 3.26. The van der Waals surface area contributed by atoms with E-state index in [1.807, 2.05) is 0 Å². The van der Waals surface area contributed by atoms with Gasteiger partial charge in [-0.3, -0.25) is 11.3 Å². The summed E-state index contributed by atoms with van der Waals surface area (Å²) in [6.07, 6.45) is 5.09. The van der Waals surface area contributed by atoms with Gasteiger partial charge in [0.05, 0.1) is 12.2 Å². The van der Waals surface area contributed by atoms with Gasteiger partial charge in [0.15, 0.2) is 0 Å². The van der Waals surface area contributed by atoms with Crippen LogP contribution in [0.25, 0.3) is 11.3 Å². The maximum atomic E-state index is 5.32. The van der Waals surface area contributed by atoms with Crippen LogP contribution in [-0.4, -0.2) is 4.98 Å². The summed E-state index contributed by atoms with van der Waals surface area (Å²) < 4.78 is 0. The highest BCUT2D eigenvalue weighted by atomic mass is 32.1. The summed E-state index contributed by atoms with van der Waals surface area (Å²) in [5.74, 6) is 5.32. The molecule has 4 heteroatoms. The van der Waals surface area contributed by atoms with Crippen molar-refractivity contribution in [1.29, 1.82) is 0 Å². The Kier molecular flexibility index (Phi) is 3.41. The molecule has 0 radical (unpaired) electrons. The second-order valence-electron chi connectivity index (χ2n) is 4.70. The molecule has 0 amide bonds. The van der Waals surface area contributed by atoms with Crippen LogP contribution in [0.5, 0.6) is 0 Å². The topological polar surface area (TPSA) is 50.9 Å². The first-order valence-electron chi connectivity index (χ1n) is 6.37. The highest BCUT2D eigenvalue weighted by Gasteiger charge is 2.11. The summed E-state index contributed by atoms with van der Waals surface area (Å²) in [5, 5.41) is 3.14. The second kappa shape index (κ2) is 5.18. The Morgan fingerprint density at radius 3 is 2.89 bits per heavy atom. The maximum absolute atomic E-state index is 5.32. The van der Waals surface area contributed by atoms with E-state index in [2.05, 4.69) is 34.0 Å². The van der Waals surface area contributed by atoms with Crippen LogP contribution in [0.4, 0.5) is 0 Å². The van der Waals surface area contributed by atoms with E-state index in [1.54, 1.807) is 11.3 Å². The Morgan fingerprint density at radius 1 is 1.22 bits per heavy atom.